The standard InChI is InChI=1S/C17H26FN3O2/c1-11-7-12(2)15(20-8-11)23-10-17(3,4)16(22)21-14-5-6-19-9-13(14)18/h7-8,13-14,19H,5-6,9-10H2,1-4H3,(H,21,22)/t13-,14-/m1/s1. The van der Waals surface area contributed by atoms with E-state index in [4.69, 9.17) is 4.74 Å². The Kier molecular flexibility index (Phi) is 5.57. The third-order valence-electron chi connectivity index (χ3n) is 4.08. The highest BCUT2D eigenvalue weighted by Gasteiger charge is 2.33. The van der Waals surface area contributed by atoms with Crippen LogP contribution in [-0.2, 0) is 4.79 Å². The van der Waals surface area contributed by atoms with Gasteiger partial charge in [0.2, 0.25) is 11.8 Å². The van der Waals surface area contributed by atoms with E-state index in [1.165, 1.54) is 0 Å². The first-order valence-corrected chi connectivity index (χ1v) is 8.01. The van der Waals surface area contributed by atoms with Crippen LogP contribution < -0.4 is 15.4 Å². The van der Waals surface area contributed by atoms with E-state index in [-0.39, 0.29) is 19.1 Å². The number of nitrogens with one attached hydrogen (secondary N) is 2. The third-order valence-corrected chi connectivity index (χ3v) is 4.08. The quantitative estimate of drug-likeness (QED) is 0.869. The molecular formula is C17H26FN3O2. The molecule has 2 atom stereocenters. The van der Waals surface area contributed by atoms with Gasteiger partial charge in [-0.3, -0.25) is 4.79 Å². The van der Waals surface area contributed by atoms with Crippen molar-refractivity contribution in [3.05, 3.63) is 23.4 Å². The molecule has 0 bridgehead atoms. The molecule has 1 aromatic heterocycles. The fourth-order valence-electron chi connectivity index (χ4n) is 2.52. The lowest BCUT2D eigenvalue weighted by Crippen LogP contribution is -2.54. The Balaban J connectivity index is 1.93. The van der Waals surface area contributed by atoms with Crippen molar-refractivity contribution in [3.8, 4) is 5.88 Å². The van der Waals surface area contributed by atoms with E-state index >= 15 is 0 Å². The Morgan fingerprint density at radius 3 is 2.91 bits per heavy atom. The summed E-state index contributed by atoms with van der Waals surface area (Å²) in [5.41, 5.74) is 1.24. The molecule has 1 aliphatic rings. The normalized spacial score (nSPS) is 21.8. The van der Waals surface area contributed by atoms with Gasteiger partial charge in [-0.1, -0.05) is 0 Å². The number of carbonyl (C=O) groups is 1. The zero-order valence-electron chi connectivity index (χ0n) is 14.3. The summed E-state index contributed by atoms with van der Waals surface area (Å²) < 4.78 is 19.5. The van der Waals surface area contributed by atoms with Gasteiger partial charge in [0.15, 0.2) is 0 Å². The fraction of sp³-hybridized carbons (Fsp3) is 0.647. The minimum atomic E-state index is -1.05. The summed E-state index contributed by atoms with van der Waals surface area (Å²) in [6.07, 6.45) is 1.28. The summed E-state index contributed by atoms with van der Waals surface area (Å²) in [4.78, 5) is 16.7. The molecular weight excluding hydrogens is 297 g/mol. The van der Waals surface area contributed by atoms with Crippen LogP contribution in [0, 0.1) is 19.3 Å². The molecule has 0 aliphatic carbocycles. The highest BCUT2D eigenvalue weighted by atomic mass is 19.1. The molecule has 128 valence electrons. The maximum Gasteiger partial charge on any atom is 0.229 e. The zero-order valence-corrected chi connectivity index (χ0v) is 14.3. The molecule has 1 saturated heterocycles. The average Bonchev–Trinajstić information content (AvgIpc) is 2.48. The first-order chi connectivity index (χ1) is 10.8. The molecule has 2 N–H and O–H groups in total. The van der Waals surface area contributed by atoms with E-state index < -0.39 is 17.6 Å². The summed E-state index contributed by atoms with van der Waals surface area (Å²) in [5, 5.41) is 5.79. The Labute approximate surface area is 137 Å². The molecule has 0 saturated carbocycles. The first kappa shape index (κ1) is 17.7. The van der Waals surface area contributed by atoms with Gasteiger partial charge in [-0.15, -0.1) is 0 Å². The van der Waals surface area contributed by atoms with Gasteiger partial charge in [0.1, 0.15) is 12.8 Å². The number of piperidine rings is 1. The van der Waals surface area contributed by atoms with Gasteiger partial charge in [0, 0.05) is 18.3 Å². The number of halogens is 1. The highest BCUT2D eigenvalue weighted by Crippen LogP contribution is 2.21. The lowest BCUT2D eigenvalue weighted by atomic mass is 9.92. The van der Waals surface area contributed by atoms with E-state index in [0.29, 0.717) is 12.3 Å². The summed E-state index contributed by atoms with van der Waals surface area (Å²) in [7, 11) is 0. The van der Waals surface area contributed by atoms with Crippen LogP contribution in [0.25, 0.3) is 0 Å². The van der Waals surface area contributed by atoms with E-state index in [0.717, 1.165) is 17.7 Å². The molecule has 0 unspecified atom stereocenters. The first-order valence-electron chi connectivity index (χ1n) is 8.01. The number of aromatic nitrogens is 1. The maximum absolute atomic E-state index is 13.8. The molecule has 0 radical (unpaired) electrons. The smallest absolute Gasteiger partial charge is 0.229 e. The van der Waals surface area contributed by atoms with Crippen LogP contribution in [0.1, 0.15) is 31.4 Å². The Morgan fingerprint density at radius 1 is 1.52 bits per heavy atom. The Morgan fingerprint density at radius 2 is 2.26 bits per heavy atom. The second kappa shape index (κ2) is 7.25. The number of pyridine rings is 1. The van der Waals surface area contributed by atoms with Crippen molar-refractivity contribution in [3.63, 3.8) is 0 Å². The van der Waals surface area contributed by atoms with Gasteiger partial charge in [0.05, 0.1) is 11.5 Å². The zero-order chi connectivity index (χ0) is 17.0. The molecule has 0 aromatic carbocycles. The van der Waals surface area contributed by atoms with Crippen molar-refractivity contribution in [2.45, 2.75) is 46.3 Å². The number of alkyl halides is 1. The lowest BCUT2D eigenvalue weighted by molar-refractivity contribution is -0.132. The molecule has 1 amide bonds. The summed E-state index contributed by atoms with van der Waals surface area (Å²) in [5.74, 6) is 0.332. The second-order valence-electron chi connectivity index (χ2n) is 6.90. The minimum absolute atomic E-state index is 0.192. The van der Waals surface area contributed by atoms with E-state index in [2.05, 4.69) is 15.6 Å². The lowest BCUT2D eigenvalue weighted by Gasteiger charge is -2.31. The number of aryl methyl sites for hydroxylation is 2. The molecule has 2 heterocycles. The predicted molar refractivity (Wildman–Crippen MR) is 87.3 cm³/mol. The number of amides is 1. The van der Waals surface area contributed by atoms with Crippen molar-refractivity contribution >= 4 is 5.91 Å². The molecule has 23 heavy (non-hydrogen) atoms. The van der Waals surface area contributed by atoms with Crippen LogP contribution in [0.3, 0.4) is 0 Å². The van der Waals surface area contributed by atoms with Crippen molar-refractivity contribution in [2.24, 2.45) is 5.41 Å². The number of hydrogen-bond donors (Lipinski definition) is 2. The monoisotopic (exact) mass is 323 g/mol. The van der Waals surface area contributed by atoms with Gasteiger partial charge in [-0.05, 0) is 52.3 Å². The van der Waals surface area contributed by atoms with Gasteiger partial charge >= 0.3 is 0 Å². The van der Waals surface area contributed by atoms with Gasteiger partial charge in [0.25, 0.3) is 0 Å². The predicted octanol–water partition coefficient (Wildman–Crippen LogP) is 1.92. The molecule has 2 rings (SSSR count). The number of nitrogens with zero attached hydrogens (tertiary/aromatic N) is 1. The molecule has 1 aromatic rings. The van der Waals surface area contributed by atoms with E-state index in [1.54, 1.807) is 20.0 Å². The van der Waals surface area contributed by atoms with E-state index in [9.17, 15) is 9.18 Å². The van der Waals surface area contributed by atoms with Crippen LogP contribution in [0.2, 0.25) is 0 Å². The molecule has 6 heteroatoms. The molecule has 1 aliphatic heterocycles. The topological polar surface area (TPSA) is 63.2 Å². The fourth-order valence-corrected chi connectivity index (χ4v) is 2.52. The highest BCUT2D eigenvalue weighted by molar-refractivity contribution is 5.82. The van der Waals surface area contributed by atoms with Crippen molar-refractivity contribution < 1.29 is 13.9 Å². The number of hydrogen-bond acceptors (Lipinski definition) is 4. The van der Waals surface area contributed by atoms with Gasteiger partial charge in [-0.2, -0.15) is 0 Å². The van der Waals surface area contributed by atoms with Crippen LogP contribution >= 0.6 is 0 Å². The van der Waals surface area contributed by atoms with Crippen LogP contribution in [0.4, 0.5) is 4.39 Å². The molecule has 5 nitrogen and oxygen atoms in total. The van der Waals surface area contributed by atoms with Gasteiger partial charge < -0.3 is 15.4 Å². The largest absolute Gasteiger partial charge is 0.476 e. The van der Waals surface area contributed by atoms with Crippen molar-refractivity contribution in [1.29, 1.82) is 0 Å². The average molecular weight is 323 g/mol. The maximum atomic E-state index is 13.8. The number of carbonyl (C=O) groups excluding carboxylic acids is 1. The summed E-state index contributed by atoms with van der Waals surface area (Å²) >= 11 is 0. The van der Waals surface area contributed by atoms with Crippen molar-refractivity contribution in [2.75, 3.05) is 19.7 Å². The SMILES string of the molecule is Cc1cnc(OCC(C)(C)C(=O)N[C@@H]2CCNC[C@H]2F)c(C)c1. The van der Waals surface area contributed by atoms with Gasteiger partial charge in [-0.25, -0.2) is 9.37 Å². The summed E-state index contributed by atoms with van der Waals surface area (Å²) in [6.45, 7) is 8.67. The Hall–Kier alpha value is -1.69. The minimum Gasteiger partial charge on any atom is -0.476 e. The van der Waals surface area contributed by atoms with Crippen LogP contribution in [-0.4, -0.2) is 42.8 Å². The van der Waals surface area contributed by atoms with Crippen LogP contribution in [0.5, 0.6) is 5.88 Å². The molecule has 1 fully saturated rings. The molecule has 0 spiro atoms. The van der Waals surface area contributed by atoms with Crippen LogP contribution in [0.15, 0.2) is 12.3 Å². The number of rotatable bonds is 5. The van der Waals surface area contributed by atoms with Crippen molar-refractivity contribution in [1.82, 2.24) is 15.6 Å². The number of ether oxygens (including phenoxy) is 1. The third kappa shape index (κ3) is 4.64. The Bertz CT molecular complexity index is 563. The second-order valence-corrected chi connectivity index (χ2v) is 6.90. The van der Waals surface area contributed by atoms with E-state index in [1.807, 2.05) is 19.9 Å². The summed E-state index contributed by atoms with van der Waals surface area (Å²) in [6, 6.07) is 1.56.